The summed E-state index contributed by atoms with van der Waals surface area (Å²) in [5, 5.41) is 5.65. The molecule has 0 spiro atoms. The maximum atomic E-state index is 12.7. The third-order valence-electron chi connectivity index (χ3n) is 4.81. The predicted molar refractivity (Wildman–Crippen MR) is 112 cm³/mol. The molecule has 1 aliphatic heterocycles. The molecule has 1 fully saturated rings. The van der Waals surface area contributed by atoms with Crippen LogP contribution >= 0.6 is 0 Å². The summed E-state index contributed by atoms with van der Waals surface area (Å²) in [4.78, 5) is 20.5. The van der Waals surface area contributed by atoms with Crippen LogP contribution in [0.3, 0.4) is 0 Å². The van der Waals surface area contributed by atoms with Gasteiger partial charge in [0.25, 0.3) is 11.9 Å². The number of oxazole rings is 1. The van der Waals surface area contributed by atoms with Crippen molar-refractivity contribution in [2.45, 2.75) is 31.9 Å². The minimum absolute atomic E-state index is 0.130. The Morgan fingerprint density at radius 2 is 1.88 bits per heavy atom. The number of hydrogen-bond donors (Lipinski definition) is 2. The second-order valence-corrected chi connectivity index (χ2v) is 7.82. The van der Waals surface area contributed by atoms with Crippen molar-refractivity contribution in [1.82, 2.24) is 15.3 Å². The van der Waals surface area contributed by atoms with E-state index in [4.69, 9.17) is 13.9 Å². The van der Waals surface area contributed by atoms with Gasteiger partial charge in [0.1, 0.15) is 11.8 Å². The lowest BCUT2D eigenvalue weighted by Crippen LogP contribution is -2.34. The highest BCUT2D eigenvalue weighted by Gasteiger charge is 2.33. The second kappa shape index (κ2) is 8.83. The molecule has 2 N–H and O–H groups in total. The molecule has 1 saturated heterocycles. The zero-order valence-corrected chi connectivity index (χ0v) is 17.8. The minimum atomic E-state index is -4.40. The first-order valence-corrected chi connectivity index (χ1v) is 10.1. The van der Waals surface area contributed by atoms with E-state index in [1.54, 1.807) is 6.07 Å². The number of anilines is 2. The molecule has 1 aromatic carbocycles. The highest BCUT2D eigenvalue weighted by molar-refractivity contribution is 5.92. The number of aromatic nitrogens is 2. The van der Waals surface area contributed by atoms with E-state index in [2.05, 4.69) is 20.6 Å². The van der Waals surface area contributed by atoms with Crippen molar-refractivity contribution in [3.05, 3.63) is 60.0 Å². The molecule has 3 aromatic rings. The fourth-order valence-corrected chi connectivity index (χ4v) is 3.18. The van der Waals surface area contributed by atoms with E-state index in [0.29, 0.717) is 30.2 Å². The molecule has 1 aliphatic rings. The van der Waals surface area contributed by atoms with Crippen molar-refractivity contribution in [3.63, 3.8) is 0 Å². The lowest BCUT2D eigenvalue weighted by Gasteiger charge is -2.17. The Morgan fingerprint density at radius 1 is 1.12 bits per heavy atom. The fourth-order valence-electron chi connectivity index (χ4n) is 3.18. The molecule has 33 heavy (non-hydrogen) atoms. The number of benzene rings is 1. The van der Waals surface area contributed by atoms with Crippen molar-refractivity contribution in [2.75, 3.05) is 18.5 Å². The molecular weight excluding hydrogens is 441 g/mol. The quantitative estimate of drug-likeness (QED) is 0.561. The molecule has 2 aromatic heterocycles. The first kappa shape index (κ1) is 22.7. The summed E-state index contributed by atoms with van der Waals surface area (Å²) in [5.41, 5.74) is 0.444. The van der Waals surface area contributed by atoms with Crippen LogP contribution < -0.4 is 10.6 Å². The third kappa shape index (κ3) is 5.68. The normalized spacial score (nSPS) is 17.7. The molecule has 11 heteroatoms. The Balaban J connectivity index is 1.33. The van der Waals surface area contributed by atoms with Gasteiger partial charge < -0.3 is 24.5 Å². The van der Waals surface area contributed by atoms with Gasteiger partial charge >= 0.3 is 6.18 Å². The van der Waals surface area contributed by atoms with Gasteiger partial charge in [-0.1, -0.05) is 12.1 Å². The molecule has 0 radical (unpaired) electrons. The summed E-state index contributed by atoms with van der Waals surface area (Å²) in [7, 11) is 0. The van der Waals surface area contributed by atoms with E-state index in [-0.39, 0.29) is 23.7 Å². The zero-order chi connectivity index (χ0) is 23.6. The number of alkyl halides is 3. The minimum Gasteiger partial charge on any atom is -0.423 e. The van der Waals surface area contributed by atoms with Crippen LogP contribution in [0, 0.1) is 0 Å². The van der Waals surface area contributed by atoms with Crippen LogP contribution in [0.4, 0.5) is 24.9 Å². The number of carbonyl (C=O) groups is 1. The fraction of sp³-hybridized carbons (Fsp3) is 0.318. The smallest absolute Gasteiger partial charge is 0.416 e. The Labute approximate surface area is 187 Å². The molecule has 3 heterocycles. The van der Waals surface area contributed by atoms with Crippen molar-refractivity contribution >= 4 is 17.6 Å². The molecule has 174 valence electrons. The van der Waals surface area contributed by atoms with Crippen LogP contribution in [0.1, 0.15) is 29.9 Å². The van der Waals surface area contributed by atoms with Gasteiger partial charge in [0, 0.05) is 12.1 Å². The number of halogens is 3. The van der Waals surface area contributed by atoms with Crippen LogP contribution in [-0.4, -0.2) is 40.9 Å². The maximum Gasteiger partial charge on any atom is 0.416 e. The number of pyridine rings is 1. The Morgan fingerprint density at radius 3 is 2.48 bits per heavy atom. The summed E-state index contributed by atoms with van der Waals surface area (Å²) >= 11 is 0. The van der Waals surface area contributed by atoms with Crippen LogP contribution in [0.25, 0.3) is 11.3 Å². The number of hydrogen-bond acceptors (Lipinski definition) is 7. The summed E-state index contributed by atoms with van der Waals surface area (Å²) in [6.07, 6.45) is -1.79. The summed E-state index contributed by atoms with van der Waals surface area (Å²) in [6, 6.07) is 7.87. The Hall–Kier alpha value is -3.44. The van der Waals surface area contributed by atoms with E-state index in [9.17, 15) is 18.0 Å². The van der Waals surface area contributed by atoms with Crippen LogP contribution in [0.2, 0.25) is 0 Å². The van der Waals surface area contributed by atoms with Crippen LogP contribution in [0.15, 0.2) is 53.2 Å². The number of nitrogens with zero attached hydrogens (tertiary/aromatic N) is 2. The SMILES string of the molecule is CC1(C)OC[C@@H](CNC(=O)c2ccc(Nc3ncc(-c4ccc(C(F)(F)F)cc4)o3)cn2)O1. The summed E-state index contributed by atoms with van der Waals surface area (Å²) < 4.78 is 54.8. The molecular formula is C22H21F3N4O4. The Kier molecular flexibility index (Phi) is 6.09. The highest BCUT2D eigenvalue weighted by Crippen LogP contribution is 2.31. The lowest BCUT2D eigenvalue weighted by atomic mass is 10.1. The zero-order valence-electron chi connectivity index (χ0n) is 17.8. The standard InChI is InChI=1S/C22H21F3N4O4/c1-21(2)31-12-16(33-21)10-27-19(30)17-8-7-15(9-26-17)29-20-28-11-18(32-20)13-3-5-14(6-4-13)22(23,24)25/h3-9,11,16H,10,12H2,1-2H3,(H,27,30)(H,28,29)/t16-/m1/s1. The van der Waals surface area contributed by atoms with Crippen molar-refractivity contribution in [1.29, 1.82) is 0 Å². The molecule has 0 unspecified atom stereocenters. The van der Waals surface area contributed by atoms with Gasteiger partial charge in [-0.15, -0.1) is 0 Å². The maximum absolute atomic E-state index is 12.7. The average Bonchev–Trinajstić information content (AvgIpc) is 3.38. The molecule has 0 aliphatic carbocycles. The van der Waals surface area contributed by atoms with E-state index in [1.807, 2.05) is 13.8 Å². The van der Waals surface area contributed by atoms with Gasteiger partial charge in [0.05, 0.1) is 30.3 Å². The number of rotatable bonds is 6. The second-order valence-electron chi connectivity index (χ2n) is 7.82. The number of ether oxygens (including phenoxy) is 2. The van der Waals surface area contributed by atoms with E-state index >= 15 is 0 Å². The predicted octanol–water partition coefficient (Wildman–Crippen LogP) is 4.38. The monoisotopic (exact) mass is 462 g/mol. The summed E-state index contributed by atoms with van der Waals surface area (Å²) in [5.74, 6) is -0.709. The summed E-state index contributed by atoms with van der Waals surface area (Å²) in [6.45, 7) is 4.31. The molecule has 0 saturated carbocycles. The van der Waals surface area contributed by atoms with Crippen molar-refractivity contribution in [3.8, 4) is 11.3 Å². The highest BCUT2D eigenvalue weighted by atomic mass is 19.4. The largest absolute Gasteiger partial charge is 0.423 e. The average molecular weight is 462 g/mol. The molecule has 4 rings (SSSR count). The van der Waals surface area contributed by atoms with Gasteiger partial charge in [0.2, 0.25) is 0 Å². The molecule has 1 amide bonds. The van der Waals surface area contributed by atoms with Gasteiger partial charge in [-0.2, -0.15) is 13.2 Å². The first-order valence-electron chi connectivity index (χ1n) is 10.1. The van der Waals surface area contributed by atoms with Crippen molar-refractivity contribution in [2.24, 2.45) is 0 Å². The van der Waals surface area contributed by atoms with Gasteiger partial charge in [-0.3, -0.25) is 4.79 Å². The van der Waals surface area contributed by atoms with Crippen molar-refractivity contribution < 1.29 is 31.9 Å². The number of carbonyl (C=O) groups excluding carboxylic acids is 1. The van der Waals surface area contributed by atoms with Crippen LogP contribution in [0.5, 0.6) is 0 Å². The molecule has 8 nitrogen and oxygen atoms in total. The van der Waals surface area contributed by atoms with Gasteiger partial charge in [-0.25, -0.2) is 9.97 Å². The number of amides is 1. The van der Waals surface area contributed by atoms with Crippen LogP contribution in [-0.2, 0) is 15.7 Å². The third-order valence-corrected chi connectivity index (χ3v) is 4.81. The van der Waals surface area contributed by atoms with E-state index in [1.165, 1.54) is 30.6 Å². The van der Waals surface area contributed by atoms with E-state index in [0.717, 1.165) is 12.1 Å². The number of nitrogens with one attached hydrogen (secondary N) is 2. The lowest BCUT2D eigenvalue weighted by molar-refractivity contribution is -0.138. The van der Waals surface area contributed by atoms with Gasteiger partial charge in [0.15, 0.2) is 11.5 Å². The topological polar surface area (TPSA) is 98.5 Å². The Bertz CT molecular complexity index is 1110. The van der Waals surface area contributed by atoms with E-state index < -0.39 is 17.5 Å². The van der Waals surface area contributed by atoms with Gasteiger partial charge in [-0.05, 0) is 38.1 Å². The molecule has 0 bridgehead atoms. The first-order chi connectivity index (χ1) is 15.6. The molecule has 1 atom stereocenters.